The summed E-state index contributed by atoms with van der Waals surface area (Å²) in [6, 6.07) is 8.01. The minimum atomic E-state index is 0.485. The van der Waals surface area contributed by atoms with Gasteiger partial charge in [0.15, 0.2) is 5.13 Å². The highest BCUT2D eigenvalue weighted by atomic mass is 32.1. The Kier molecular flexibility index (Phi) is 4.17. The largest absolute Gasteiger partial charge is 0.496 e. The number of nitrogens with two attached hydrogens (primary N) is 1. The van der Waals surface area contributed by atoms with Crippen LogP contribution >= 0.6 is 11.3 Å². The molecule has 18 heavy (non-hydrogen) atoms. The predicted molar refractivity (Wildman–Crippen MR) is 75.1 cm³/mol. The Hall–Kier alpha value is -1.59. The first kappa shape index (κ1) is 12.9. The molecule has 0 unspecified atom stereocenters. The third kappa shape index (κ3) is 2.80. The van der Waals surface area contributed by atoms with Crippen LogP contribution in [0.3, 0.4) is 0 Å². The van der Waals surface area contributed by atoms with Crippen molar-refractivity contribution in [3.05, 3.63) is 40.9 Å². The van der Waals surface area contributed by atoms with E-state index in [2.05, 4.69) is 16.0 Å². The molecule has 0 saturated heterocycles. The Morgan fingerprint density at radius 2 is 2.17 bits per heavy atom. The number of hydrogen-bond acceptors (Lipinski definition) is 5. The number of nitrogens with zero attached hydrogens (tertiary/aromatic N) is 2. The lowest BCUT2D eigenvalue weighted by Crippen LogP contribution is -2.16. The molecule has 0 fully saturated rings. The van der Waals surface area contributed by atoms with E-state index in [1.807, 2.05) is 30.6 Å². The van der Waals surface area contributed by atoms with Crippen LogP contribution in [0.15, 0.2) is 29.6 Å². The van der Waals surface area contributed by atoms with Gasteiger partial charge in [-0.05, 0) is 6.07 Å². The molecule has 1 aromatic heterocycles. The Labute approximate surface area is 111 Å². The van der Waals surface area contributed by atoms with Crippen LogP contribution in [0.2, 0.25) is 0 Å². The van der Waals surface area contributed by atoms with Crippen molar-refractivity contribution >= 4 is 16.5 Å². The number of anilines is 1. The summed E-state index contributed by atoms with van der Waals surface area (Å²) in [5.74, 6) is 0.903. The van der Waals surface area contributed by atoms with Gasteiger partial charge in [0.1, 0.15) is 5.75 Å². The van der Waals surface area contributed by atoms with Gasteiger partial charge in [0.05, 0.1) is 12.8 Å². The lowest BCUT2D eigenvalue weighted by atomic mass is 10.2. The monoisotopic (exact) mass is 263 g/mol. The second-order valence-corrected chi connectivity index (χ2v) is 4.83. The van der Waals surface area contributed by atoms with E-state index in [-0.39, 0.29) is 0 Å². The fraction of sp³-hybridized carbons (Fsp3) is 0.308. The molecule has 0 saturated carbocycles. The lowest BCUT2D eigenvalue weighted by Gasteiger charge is -2.17. The van der Waals surface area contributed by atoms with Crippen LogP contribution < -0.4 is 15.4 Å². The second kappa shape index (κ2) is 5.84. The van der Waals surface area contributed by atoms with Gasteiger partial charge in [0, 0.05) is 31.1 Å². The van der Waals surface area contributed by atoms with Crippen LogP contribution in [0.4, 0.5) is 5.13 Å². The normalized spacial score (nSPS) is 10.4. The molecule has 2 rings (SSSR count). The molecule has 0 bridgehead atoms. The van der Waals surface area contributed by atoms with Gasteiger partial charge in [-0.1, -0.05) is 18.2 Å². The van der Waals surface area contributed by atoms with E-state index in [4.69, 9.17) is 10.5 Å². The van der Waals surface area contributed by atoms with Crippen molar-refractivity contribution in [1.29, 1.82) is 0 Å². The quantitative estimate of drug-likeness (QED) is 0.899. The Balaban J connectivity index is 2.13. The zero-order chi connectivity index (χ0) is 13.0. The van der Waals surface area contributed by atoms with Gasteiger partial charge in [-0.15, -0.1) is 11.3 Å². The van der Waals surface area contributed by atoms with Crippen LogP contribution in [-0.2, 0) is 13.1 Å². The summed E-state index contributed by atoms with van der Waals surface area (Å²) >= 11 is 1.61. The highest BCUT2D eigenvalue weighted by molar-refractivity contribution is 7.13. The Morgan fingerprint density at radius 1 is 1.39 bits per heavy atom. The first-order chi connectivity index (χ1) is 8.74. The molecule has 2 N–H and O–H groups in total. The summed E-state index contributed by atoms with van der Waals surface area (Å²) in [6.07, 6.45) is 0. The first-order valence-corrected chi connectivity index (χ1v) is 6.60. The smallest absolute Gasteiger partial charge is 0.185 e. The van der Waals surface area contributed by atoms with Crippen molar-refractivity contribution in [2.45, 2.75) is 13.1 Å². The second-order valence-electron chi connectivity index (χ2n) is 3.99. The Bertz CT molecular complexity index is 512. The van der Waals surface area contributed by atoms with E-state index in [0.717, 1.165) is 28.7 Å². The summed E-state index contributed by atoms with van der Waals surface area (Å²) < 4.78 is 5.34. The van der Waals surface area contributed by atoms with Crippen LogP contribution in [-0.4, -0.2) is 19.1 Å². The number of para-hydroxylation sites is 1. The predicted octanol–water partition coefficient (Wildman–Crippen LogP) is 2.25. The summed E-state index contributed by atoms with van der Waals surface area (Å²) in [6.45, 7) is 1.25. The SMILES string of the molecule is COc1ccccc1CN(C)c1nc(CN)cs1. The third-order valence-corrected chi connectivity index (χ3v) is 3.68. The lowest BCUT2D eigenvalue weighted by molar-refractivity contribution is 0.409. The average molecular weight is 263 g/mol. The van der Waals surface area contributed by atoms with Crippen LogP contribution in [0.1, 0.15) is 11.3 Å². The molecule has 0 atom stereocenters. The van der Waals surface area contributed by atoms with Crippen molar-refractivity contribution in [2.75, 3.05) is 19.1 Å². The van der Waals surface area contributed by atoms with Crippen molar-refractivity contribution < 1.29 is 4.74 Å². The zero-order valence-electron chi connectivity index (χ0n) is 10.6. The number of rotatable bonds is 5. The van der Waals surface area contributed by atoms with Gasteiger partial charge in [0.25, 0.3) is 0 Å². The maximum atomic E-state index is 5.57. The Morgan fingerprint density at radius 3 is 2.83 bits per heavy atom. The zero-order valence-corrected chi connectivity index (χ0v) is 11.4. The standard InChI is InChI=1S/C13H17N3OS/c1-16(13-15-11(7-14)9-18-13)8-10-5-3-4-6-12(10)17-2/h3-6,9H,7-8,14H2,1-2H3. The number of aromatic nitrogens is 1. The van der Waals surface area contributed by atoms with E-state index in [1.165, 1.54) is 0 Å². The maximum Gasteiger partial charge on any atom is 0.185 e. The van der Waals surface area contributed by atoms with Gasteiger partial charge in [-0.2, -0.15) is 0 Å². The highest BCUT2D eigenvalue weighted by Gasteiger charge is 2.09. The average Bonchev–Trinajstić information content (AvgIpc) is 2.88. The van der Waals surface area contributed by atoms with E-state index >= 15 is 0 Å². The van der Waals surface area contributed by atoms with Gasteiger partial charge in [-0.25, -0.2) is 4.98 Å². The third-order valence-electron chi connectivity index (χ3n) is 2.68. The molecule has 1 aromatic carbocycles. The van der Waals surface area contributed by atoms with Crippen LogP contribution in [0, 0.1) is 0 Å². The summed E-state index contributed by atoms with van der Waals surface area (Å²) in [7, 11) is 3.71. The molecule has 1 heterocycles. The fourth-order valence-corrected chi connectivity index (χ4v) is 2.53. The molecule has 5 heteroatoms. The van der Waals surface area contributed by atoms with Gasteiger partial charge in [-0.3, -0.25) is 0 Å². The number of thiazole rings is 1. The van der Waals surface area contributed by atoms with Crippen LogP contribution in [0.25, 0.3) is 0 Å². The van der Waals surface area contributed by atoms with Gasteiger partial charge >= 0.3 is 0 Å². The molecule has 96 valence electrons. The number of benzene rings is 1. The number of hydrogen-bond donors (Lipinski definition) is 1. The minimum Gasteiger partial charge on any atom is -0.496 e. The van der Waals surface area contributed by atoms with E-state index in [0.29, 0.717) is 6.54 Å². The molecule has 4 nitrogen and oxygen atoms in total. The molecule has 0 spiro atoms. The molecule has 0 aliphatic heterocycles. The van der Waals surface area contributed by atoms with E-state index < -0.39 is 0 Å². The van der Waals surface area contributed by atoms with Gasteiger partial charge in [0.2, 0.25) is 0 Å². The fourth-order valence-electron chi connectivity index (χ4n) is 1.72. The first-order valence-electron chi connectivity index (χ1n) is 5.72. The number of ether oxygens (including phenoxy) is 1. The maximum absolute atomic E-state index is 5.57. The summed E-state index contributed by atoms with van der Waals surface area (Å²) in [4.78, 5) is 6.56. The van der Waals surface area contributed by atoms with Crippen molar-refractivity contribution in [2.24, 2.45) is 5.73 Å². The van der Waals surface area contributed by atoms with E-state index in [1.54, 1.807) is 18.4 Å². The molecule has 0 radical (unpaired) electrons. The van der Waals surface area contributed by atoms with E-state index in [9.17, 15) is 0 Å². The molecule has 0 amide bonds. The molecular formula is C13H17N3OS. The topological polar surface area (TPSA) is 51.4 Å². The molecule has 0 aliphatic carbocycles. The highest BCUT2D eigenvalue weighted by Crippen LogP contribution is 2.24. The molecule has 0 aliphatic rings. The molecular weight excluding hydrogens is 246 g/mol. The summed E-state index contributed by atoms with van der Waals surface area (Å²) in [5, 5.41) is 2.97. The number of methoxy groups -OCH3 is 1. The molecule has 2 aromatic rings. The van der Waals surface area contributed by atoms with Crippen molar-refractivity contribution in [1.82, 2.24) is 4.98 Å². The van der Waals surface area contributed by atoms with Gasteiger partial charge < -0.3 is 15.4 Å². The summed E-state index contributed by atoms with van der Waals surface area (Å²) in [5.41, 5.74) is 7.64. The van der Waals surface area contributed by atoms with Crippen molar-refractivity contribution in [3.8, 4) is 5.75 Å². The van der Waals surface area contributed by atoms with Crippen LogP contribution in [0.5, 0.6) is 5.75 Å². The minimum absolute atomic E-state index is 0.485. The van der Waals surface area contributed by atoms with Crippen molar-refractivity contribution in [3.63, 3.8) is 0 Å².